The van der Waals surface area contributed by atoms with Crippen molar-refractivity contribution in [2.24, 2.45) is 0 Å². The molecule has 1 saturated carbocycles. The van der Waals surface area contributed by atoms with Crippen LogP contribution in [0.1, 0.15) is 44.1 Å². The molecule has 0 bridgehead atoms. The lowest BCUT2D eigenvalue weighted by Gasteiger charge is -2.44. The van der Waals surface area contributed by atoms with E-state index in [4.69, 9.17) is 0 Å². The molecule has 2 rings (SSSR count). The Kier molecular flexibility index (Phi) is 5.03. The molecular weight excluding hydrogens is 262 g/mol. The average molecular weight is 285 g/mol. The van der Waals surface area contributed by atoms with Crippen LogP contribution in [-0.2, 0) is 4.79 Å². The molecular formula is C18H23NO2. The van der Waals surface area contributed by atoms with Gasteiger partial charge in [-0.3, -0.25) is 4.79 Å². The van der Waals surface area contributed by atoms with E-state index in [1.54, 1.807) is 18.9 Å². The van der Waals surface area contributed by atoms with Gasteiger partial charge in [0.2, 0.25) is 0 Å². The summed E-state index contributed by atoms with van der Waals surface area (Å²) in [7, 11) is 1.76. The summed E-state index contributed by atoms with van der Waals surface area (Å²) in [6.45, 7) is 1.66. The molecule has 1 aliphatic carbocycles. The maximum Gasteiger partial charge on any atom is 0.298 e. The molecule has 3 heteroatoms. The molecule has 0 aromatic heterocycles. The predicted molar refractivity (Wildman–Crippen MR) is 83.7 cm³/mol. The first kappa shape index (κ1) is 15.6. The summed E-state index contributed by atoms with van der Waals surface area (Å²) in [6.07, 6.45) is 3.61. The Morgan fingerprint density at radius 2 is 1.95 bits per heavy atom. The summed E-state index contributed by atoms with van der Waals surface area (Å²) in [4.78, 5) is 13.6. The van der Waals surface area contributed by atoms with Crippen LogP contribution < -0.4 is 0 Å². The number of aliphatic hydroxyl groups excluding tert-OH is 1. The lowest BCUT2D eigenvalue weighted by molar-refractivity contribution is -0.133. The van der Waals surface area contributed by atoms with Crippen molar-refractivity contribution in [2.45, 2.75) is 44.1 Å². The Labute approximate surface area is 127 Å². The number of carbonyl (C=O) groups is 1. The summed E-state index contributed by atoms with van der Waals surface area (Å²) in [5.41, 5.74) is 0.901. The molecule has 0 heterocycles. The van der Waals surface area contributed by atoms with E-state index in [0.29, 0.717) is 5.92 Å². The van der Waals surface area contributed by atoms with Gasteiger partial charge in [-0.1, -0.05) is 36.3 Å². The van der Waals surface area contributed by atoms with Crippen LogP contribution in [0.3, 0.4) is 0 Å². The standard InChI is InChI=1S/C18H23NO2/c1-3-7-17(21)19(2)18(14-20)12-10-16(11-13-18)15-8-5-4-6-9-15/h4-6,8-9,16,20H,10-14H2,1-2H3. The zero-order valence-corrected chi connectivity index (χ0v) is 12.8. The van der Waals surface area contributed by atoms with E-state index in [-0.39, 0.29) is 12.5 Å². The van der Waals surface area contributed by atoms with Crippen molar-refractivity contribution in [2.75, 3.05) is 13.7 Å². The Balaban J connectivity index is 2.08. The van der Waals surface area contributed by atoms with E-state index in [2.05, 4.69) is 36.1 Å². The lowest BCUT2D eigenvalue weighted by Crippen LogP contribution is -2.53. The summed E-state index contributed by atoms with van der Waals surface area (Å²) in [5, 5.41) is 9.84. The largest absolute Gasteiger partial charge is 0.394 e. The highest BCUT2D eigenvalue weighted by Crippen LogP contribution is 2.40. The molecule has 21 heavy (non-hydrogen) atoms. The van der Waals surface area contributed by atoms with Crippen LogP contribution >= 0.6 is 0 Å². The third-order valence-corrected chi connectivity index (χ3v) is 4.73. The number of likely N-dealkylation sites (N-methyl/N-ethyl adjacent to an activating group) is 1. The Morgan fingerprint density at radius 1 is 1.33 bits per heavy atom. The highest BCUT2D eigenvalue weighted by molar-refractivity contribution is 5.93. The van der Waals surface area contributed by atoms with Gasteiger partial charge < -0.3 is 10.0 Å². The van der Waals surface area contributed by atoms with Gasteiger partial charge in [-0.05, 0) is 50.0 Å². The third-order valence-electron chi connectivity index (χ3n) is 4.73. The minimum absolute atomic E-state index is 0.00213. The van der Waals surface area contributed by atoms with Crippen LogP contribution in [-0.4, -0.2) is 35.1 Å². The number of carbonyl (C=O) groups excluding carboxylic acids is 1. The third kappa shape index (κ3) is 3.28. The van der Waals surface area contributed by atoms with E-state index in [9.17, 15) is 9.90 Å². The number of amides is 1. The molecule has 3 nitrogen and oxygen atoms in total. The Bertz CT molecular complexity index is 533. The van der Waals surface area contributed by atoms with Gasteiger partial charge >= 0.3 is 0 Å². The first-order valence-corrected chi connectivity index (χ1v) is 7.49. The number of rotatable bonds is 3. The molecule has 1 amide bonds. The van der Waals surface area contributed by atoms with E-state index in [1.807, 2.05) is 6.07 Å². The average Bonchev–Trinajstić information content (AvgIpc) is 2.55. The van der Waals surface area contributed by atoms with E-state index < -0.39 is 5.54 Å². The molecule has 0 aliphatic heterocycles. The molecule has 0 saturated heterocycles. The quantitative estimate of drug-likeness (QED) is 0.867. The molecule has 1 aromatic rings. The molecule has 0 radical (unpaired) electrons. The maximum absolute atomic E-state index is 12.0. The van der Waals surface area contributed by atoms with Crippen molar-refractivity contribution in [1.82, 2.24) is 4.90 Å². The van der Waals surface area contributed by atoms with Crippen molar-refractivity contribution in [3.63, 3.8) is 0 Å². The zero-order chi connectivity index (χ0) is 15.3. The van der Waals surface area contributed by atoms with E-state index in [0.717, 1.165) is 25.7 Å². The van der Waals surface area contributed by atoms with E-state index >= 15 is 0 Å². The van der Waals surface area contributed by atoms with Crippen LogP contribution in [0.2, 0.25) is 0 Å². The van der Waals surface area contributed by atoms with Gasteiger partial charge in [0, 0.05) is 7.05 Å². The van der Waals surface area contributed by atoms with Crippen molar-refractivity contribution in [3.8, 4) is 11.8 Å². The number of aliphatic hydroxyl groups is 1. The van der Waals surface area contributed by atoms with Gasteiger partial charge in [0.1, 0.15) is 0 Å². The monoisotopic (exact) mass is 285 g/mol. The minimum Gasteiger partial charge on any atom is -0.394 e. The second kappa shape index (κ2) is 6.78. The zero-order valence-electron chi connectivity index (χ0n) is 12.8. The predicted octanol–water partition coefficient (Wildman–Crippen LogP) is 2.56. The summed E-state index contributed by atoms with van der Waals surface area (Å²) in [5.74, 6) is 5.53. The van der Waals surface area contributed by atoms with Crippen LogP contribution in [0.25, 0.3) is 0 Å². The second-order valence-corrected chi connectivity index (χ2v) is 5.81. The highest BCUT2D eigenvalue weighted by Gasteiger charge is 2.40. The molecule has 0 atom stereocenters. The highest BCUT2D eigenvalue weighted by atomic mass is 16.3. The maximum atomic E-state index is 12.0. The van der Waals surface area contributed by atoms with Gasteiger partial charge in [-0.15, -0.1) is 0 Å². The van der Waals surface area contributed by atoms with Crippen LogP contribution in [0, 0.1) is 11.8 Å². The molecule has 1 aliphatic rings. The number of hydrogen-bond acceptors (Lipinski definition) is 2. The van der Waals surface area contributed by atoms with Crippen molar-refractivity contribution in [3.05, 3.63) is 35.9 Å². The lowest BCUT2D eigenvalue weighted by atomic mass is 9.73. The number of nitrogens with zero attached hydrogens (tertiary/aromatic N) is 1. The molecule has 0 spiro atoms. The van der Waals surface area contributed by atoms with Crippen LogP contribution in [0.15, 0.2) is 30.3 Å². The molecule has 0 unspecified atom stereocenters. The Hall–Kier alpha value is -1.79. The fraction of sp³-hybridized carbons (Fsp3) is 0.500. The molecule has 112 valence electrons. The number of benzene rings is 1. The van der Waals surface area contributed by atoms with Gasteiger partial charge in [0.25, 0.3) is 5.91 Å². The summed E-state index contributed by atoms with van der Waals surface area (Å²) < 4.78 is 0. The number of hydrogen-bond donors (Lipinski definition) is 1. The van der Waals surface area contributed by atoms with Crippen molar-refractivity contribution < 1.29 is 9.90 Å². The molecule has 1 N–H and O–H groups in total. The van der Waals surface area contributed by atoms with Crippen molar-refractivity contribution >= 4 is 5.91 Å². The first-order chi connectivity index (χ1) is 10.1. The molecule has 1 fully saturated rings. The summed E-state index contributed by atoms with van der Waals surface area (Å²) in [6, 6.07) is 10.5. The van der Waals surface area contributed by atoms with Gasteiger partial charge in [0.15, 0.2) is 0 Å². The van der Waals surface area contributed by atoms with Gasteiger partial charge in [-0.25, -0.2) is 0 Å². The van der Waals surface area contributed by atoms with Crippen LogP contribution in [0.4, 0.5) is 0 Å². The summed E-state index contributed by atoms with van der Waals surface area (Å²) >= 11 is 0. The van der Waals surface area contributed by atoms with Gasteiger partial charge in [-0.2, -0.15) is 0 Å². The van der Waals surface area contributed by atoms with E-state index in [1.165, 1.54) is 5.56 Å². The van der Waals surface area contributed by atoms with Crippen LogP contribution in [0.5, 0.6) is 0 Å². The minimum atomic E-state index is -0.452. The fourth-order valence-electron chi connectivity index (χ4n) is 3.22. The smallest absolute Gasteiger partial charge is 0.298 e. The second-order valence-electron chi connectivity index (χ2n) is 5.81. The Morgan fingerprint density at radius 3 is 2.48 bits per heavy atom. The SMILES string of the molecule is CC#CC(=O)N(C)C1(CO)CCC(c2ccccc2)CC1. The molecule has 1 aromatic carbocycles. The van der Waals surface area contributed by atoms with Gasteiger partial charge in [0.05, 0.1) is 12.1 Å². The first-order valence-electron chi connectivity index (χ1n) is 7.49. The van der Waals surface area contributed by atoms with Crippen molar-refractivity contribution in [1.29, 1.82) is 0 Å². The normalized spacial score (nSPS) is 24.8. The topological polar surface area (TPSA) is 40.5 Å². The fourth-order valence-corrected chi connectivity index (χ4v) is 3.22.